The number of aromatic nitrogens is 2. The normalized spacial score (nSPS) is 11.1. The number of nitrogens with zero attached hydrogens (tertiary/aromatic N) is 2. The molecule has 1 amide bonds. The molecule has 0 aliphatic carbocycles. The molecule has 0 saturated heterocycles. The number of carbonyl (C=O) groups excluding carboxylic acids is 1. The zero-order valence-corrected chi connectivity index (χ0v) is 19.5. The van der Waals surface area contributed by atoms with Crippen molar-refractivity contribution in [2.45, 2.75) is 6.54 Å². The molecule has 4 rings (SSSR count). The lowest BCUT2D eigenvalue weighted by Crippen LogP contribution is -2.24. The van der Waals surface area contributed by atoms with Gasteiger partial charge in [0.05, 0.1) is 30.3 Å². The third-order valence-corrected chi connectivity index (χ3v) is 5.68. The van der Waals surface area contributed by atoms with E-state index in [-0.39, 0.29) is 12.5 Å². The maximum absolute atomic E-state index is 13.3. The summed E-state index contributed by atoms with van der Waals surface area (Å²) in [5, 5.41) is 7.57. The molecule has 0 fully saturated rings. The highest BCUT2D eigenvalue weighted by molar-refractivity contribution is 7.92. The largest absolute Gasteiger partial charge is 0.496 e. The molecule has 0 unspecified atom stereocenters. The molecular formula is C25H24N4O4S. The highest BCUT2D eigenvalue weighted by Gasteiger charge is 2.21. The van der Waals surface area contributed by atoms with Crippen molar-refractivity contribution in [1.82, 2.24) is 15.1 Å². The number of nitrogens with one attached hydrogen (secondary N) is 2. The fraction of sp³-hybridized carbons (Fsp3) is 0.120. The van der Waals surface area contributed by atoms with Gasteiger partial charge in [0.2, 0.25) is 10.0 Å². The predicted molar refractivity (Wildman–Crippen MR) is 132 cm³/mol. The van der Waals surface area contributed by atoms with Gasteiger partial charge in [0.1, 0.15) is 11.4 Å². The molecular weight excluding hydrogens is 452 g/mol. The Morgan fingerprint density at radius 2 is 1.65 bits per heavy atom. The molecule has 0 saturated carbocycles. The monoisotopic (exact) mass is 476 g/mol. The summed E-state index contributed by atoms with van der Waals surface area (Å²) in [5.41, 5.74) is 3.37. The number of benzene rings is 3. The number of methoxy groups -OCH3 is 1. The molecule has 0 radical (unpaired) electrons. The fourth-order valence-electron chi connectivity index (χ4n) is 3.54. The fourth-order valence-corrected chi connectivity index (χ4v) is 4.14. The van der Waals surface area contributed by atoms with Crippen molar-refractivity contribution in [3.05, 3.63) is 96.2 Å². The summed E-state index contributed by atoms with van der Waals surface area (Å²) in [4.78, 5) is 13.3. The number of amides is 1. The Balaban J connectivity index is 1.68. The Hall–Kier alpha value is -4.11. The SMILES string of the molecule is COc1ccccc1-c1nn(-c2ccccc2)cc1C(=O)NCc1ccccc1NS(C)(=O)=O. The summed E-state index contributed by atoms with van der Waals surface area (Å²) in [5.74, 6) is 0.245. The average Bonchev–Trinajstić information content (AvgIpc) is 3.28. The minimum atomic E-state index is -3.46. The smallest absolute Gasteiger partial charge is 0.255 e. The van der Waals surface area contributed by atoms with Crippen molar-refractivity contribution in [3.63, 3.8) is 0 Å². The Morgan fingerprint density at radius 1 is 0.971 bits per heavy atom. The number of sulfonamides is 1. The van der Waals surface area contributed by atoms with Gasteiger partial charge in [-0.05, 0) is 35.9 Å². The first-order valence-electron chi connectivity index (χ1n) is 10.5. The van der Waals surface area contributed by atoms with Gasteiger partial charge in [-0.3, -0.25) is 9.52 Å². The van der Waals surface area contributed by atoms with Crippen molar-refractivity contribution in [2.24, 2.45) is 0 Å². The van der Waals surface area contributed by atoms with E-state index < -0.39 is 10.0 Å². The van der Waals surface area contributed by atoms with Crippen molar-refractivity contribution in [2.75, 3.05) is 18.1 Å². The molecule has 0 spiro atoms. The third kappa shape index (κ3) is 5.26. The maximum Gasteiger partial charge on any atom is 0.255 e. The minimum absolute atomic E-state index is 0.124. The van der Waals surface area contributed by atoms with E-state index in [0.29, 0.717) is 33.8 Å². The van der Waals surface area contributed by atoms with Crippen LogP contribution in [0.2, 0.25) is 0 Å². The molecule has 1 aromatic heterocycles. The Morgan fingerprint density at radius 3 is 2.38 bits per heavy atom. The molecule has 8 nitrogen and oxygen atoms in total. The van der Waals surface area contributed by atoms with Gasteiger partial charge in [-0.15, -0.1) is 0 Å². The number of rotatable bonds is 8. The minimum Gasteiger partial charge on any atom is -0.496 e. The van der Waals surface area contributed by atoms with E-state index in [1.807, 2.05) is 54.6 Å². The first-order valence-corrected chi connectivity index (χ1v) is 12.4. The highest BCUT2D eigenvalue weighted by Crippen LogP contribution is 2.31. The average molecular weight is 477 g/mol. The Labute approximate surface area is 198 Å². The van der Waals surface area contributed by atoms with Gasteiger partial charge in [-0.2, -0.15) is 5.10 Å². The number of hydrogen-bond acceptors (Lipinski definition) is 5. The second kappa shape index (κ2) is 9.80. The van der Waals surface area contributed by atoms with Gasteiger partial charge in [-0.1, -0.05) is 48.5 Å². The van der Waals surface area contributed by atoms with Gasteiger partial charge in [0.25, 0.3) is 5.91 Å². The van der Waals surface area contributed by atoms with Crippen LogP contribution in [0.3, 0.4) is 0 Å². The van der Waals surface area contributed by atoms with Crippen LogP contribution in [0.5, 0.6) is 5.75 Å². The lowest BCUT2D eigenvalue weighted by atomic mass is 10.1. The zero-order chi connectivity index (χ0) is 24.1. The van der Waals surface area contributed by atoms with E-state index in [0.717, 1.165) is 11.9 Å². The lowest BCUT2D eigenvalue weighted by Gasteiger charge is -2.12. The lowest BCUT2D eigenvalue weighted by molar-refractivity contribution is 0.0951. The van der Waals surface area contributed by atoms with Crippen LogP contribution in [-0.2, 0) is 16.6 Å². The van der Waals surface area contributed by atoms with Gasteiger partial charge >= 0.3 is 0 Å². The predicted octanol–water partition coefficient (Wildman–Crippen LogP) is 3.85. The van der Waals surface area contributed by atoms with E-state index in [4.69, 9.17) is 4.74 Å². The zero-order valence-electron chi connectivity index (χ0n) is 18.7. The number of carbonyl (C=O) groups is 1. The number of hydrogen-bond donors (Lipinski definition) is 2. The molecule has 174 valence electrons. The van der Waals surface area contributed by atoms with Crippen LogP contribution in [-0.4, -0.2) is 37.5 Å². The standard InChI is InChI=1S/C25H24N4O4S/c1-33-23-15-9-7-13-20(23)24-21(17-29(27-24)19-11-4-3-5-12-19)25(30)26-16-18-10-6-8-14-22(18)28-34(2,31)32/h3-15,17,28H,16H2,1-2H3,(H,26,30). The topological polar surface area (TPSA) is 102 Å². The van der Waals surface area contributed by atoms with Crippen LogP contribution in [0.15, 0.2) is 85.1 Å². The van der Waals surface area contributed by atoms with Gasteiger partial charge < -0.3 is 10.1 Å². The van der Waals surface area contributed by atoms with Gasteiger partial charge in [-0.25, -0.2) is 13.1 Å². The first-order chi connectivity index (χ1) is 16.4. The van der Waals surface area contributed by atoms with Crippen molar-refractivity contribution >= 4 is 21.6 Å². The Kier molecular flexibility index (Phi) is 6.65. The van der Waals surface area contributed by atoms with Crippen LogP contribution in [0.25, 0.3) is 16.9 Å². The summed E-state index contributed by atoms with van der Waals surface area (Å²) in [6, 6.07) is 23.8. The molecule has 9 heteroatoms. The number of para-hydroxylation sites is 3. The van der Waals surface area contributed by atoms with Crippen LogP contribution < -0.4 is 14.8 Å². The molecule has 0 bridgehead atoms. The maximum atomic E-state index is 13.3. The van der Waals surface area contributed by atoms with Gasteiger partial charge in [0, 0.05) is 18.3 Å². The summed E-state index contributed by atoms with van der Waals surface area (Å²) >= 11 is 0. The molecule has 0 aliphatic rings. The highest BCUT2D eigenvalue weighted by atomic mass is 32.2. The Bertz CT molecular complexity index is 1420. The van der Waals surface area contributed by atoms with E-state index in [2.05, 4.69) is 15.1 Å². The van der Waals surface area contributed by atoms with Crippen molar-refractivity contribution in [3.8, 4) is 22.7 Å². The van der Waals surface area contributed by atoms with Crippen molar-refractivity contribution in [1.29, 1.82) is 0 Å². The quantitative estimate of drug-likeness (QED) is 0.402. The number of anilines is 1. The van der Waals surface area contributed by atoms with Crippen LogP contribution in [0, 0.1) is 0 Å². The van der Waals surface area contributed by atoms with E-state index in [9.17, 15) is 13.2 Å². The molecule has 2 N–H and O–H groups in total. The van der Waals surface area contributed by atoms with E-state index >= 15 is 0 Å². The third-order valence-electron chi connectivity index (χ3n) is 5.09. The summed E-state index contributed by atoms with van der Waals surface area (Å²) in [6.07, 6.45) is 2.76. The second-order valence-electron chi connectivity index (χ2n) is 7.59. The molecule has 4 aromatic rings. The molecule has 0 atom stereocenters. The van der Waals surface area contributed by atoms with E-state index in [1.54, 1.807) is 42.3 Å². The first kappa shape index (κ1) is 23.1. The second-order valence-corrected chi connectivity index (χ2v) is 9.33. The number of ether oxygens (including phenoxy) is 1. The van der Waals surface area contributed by atoms with Crippen LogP contribution >= 0.6 is 0 Å². The molecule has 34 heavy (non-hydrogen) atoms. The molecule has 3 aromatic carbocycles. The molecule has 0 aliphatic heterocycles. The van der Waals surface area contributed by atoms with Crippen LogP contribution in [0.4, 0.5) is 5.69 Å². The van der Waals surface area contributed by atoms with Crippen LogP contribution in [0.1, 0.15) is 15.9 Å². The summed E-state index contributed by atoms with van der Waals surface area (Å²) in [6.45, 7) is 0.124. The van der Waals surface area contributed by atoms with Crippen molar-refractivity contribution < 1.29 is 17.9 Å². The van der Waals surface area contributed by atoms with E-state index in [1.165, 1.54) is 0 Å². The summed E-state index contributed by atoms with van der Waals surface area (Å²) < 4.78 is 33.0. The molecule has 1 heterocycles. The summed E-state index contributed by atoms with van der Waals surface area (Å²) in [7, 11) is -1.89. The van der Waals surface area contributed by atoms with Gasteiger partial charge in [0.15, 0.2) is 0 Å².